The summed E-state index contributed by atoms with van der Waals surface area (Å²) < 4.78 is 6.48. The van der Waals surface area contributed by atoms with Gasteiger partial charge in [0.2, 0.25) is 0 Å². The highest BCUT2D eigenvalue weighted by Crippen LogP contribution is 2.14. The van der Waals surface area contributed by atoms with Crippen molar-refractivity contribution in [2.24, 2.45) is 10.2 Å². The molecule has 7 heteroatoms. The Balaban J connectivity index is 1.90. The topological polar surface area (TPSA) is 84.9 Å². The average molecular weight is 322 g/mol. The average Bonchev–Trinajstić information content (AvgIpc) is 2.63. The van der Waals surface area contributed by atoms with Crippen LogP contribution in [0.5, 0.6) is 5.75 Å². The molecule has 0 saturated carbocycles. The summed E-state index contributed by atoms with van der Waals surface area (Å²) in [7, 11) is 1.57. The van der Waals surface area contributed by atoms with Crippen LogP contribution in [-0.2, 0) is 0 Å². The van der Waals surface area contributed by atoms with Crippen LogP contribution in [0.25, 0.3) is 11.0 Å². The molecule has 24 heavy (non-hydrogen) atoms. The number of benzene rings is 2. The van der Waals surface area contributed by atoms with E-state index in [4.69, 9.17) is 4.74 Å². The molecule has 0 aliphatic rings. The molecule has 0 spiro atoms. The molecule has 0 saturated heterocycles. The number of fused-ring (bicyclic) bond motifs is 1. The maximum Gasteiger partial charge on any atom is 0.286 e. The van der Waals surface area contributed by atoms with Gasteiger partial charge in [-0.1, -0.05) is 24.3 Å². The maximum atomic E-state index is 12.2. The Morgan fingerprint density at radius 2 is 1.79 bits per heavy atom. The highest BCUT2D eigenvalue weighted by atomic mass is 16.5. The molecule has 0 unspecified atom stereocenters. The largest absolute Gasteiger partial charge is 0.805 e. The Kier molecular flexibility index (Phi) is 4.33. The second-order valence-corrected chi connectivity index (χ2v) is 4.89. The molecule has 120 valence electrons. The normalized spacial score (nSPS) is 11.5. The van der Waals surface area contributed by atoms with Crippen LogP contribution in [-0.4, -0.2) is 24.3 Å². The SMILES string of the molecule is COc1ccccc1/C=N/N=C/c1c[n+](=O)c2ccccc2n1[O-]. The molecule has 0 aliphatic carbocycles. The van der Waals surface area contributed by atoms with Crippen LogP contribution in [0.3, 0.4) is 0 Å². The zero-order chi connectivity index (χ0) is 16.9. The van der Waals surface area contributed by atoms with Crippen molar-refractivity contribution in [2.45, 2.75) is 0 Å². The summed E-state index contributed by atoms with van der Waals surface area (Å²) in [5, 5.41) is 20.0. The van der Waals surface area contributed by atoms with Gasteiger partial charge in [0, 0.05) is 16.5 Å². The van der Waals surface area contributed by atoms with Gasteiger partial charge in [0.05, 0.1) is 24.0 Å². The number of ether oxygens (including phenoxy) is 1. The van der Waals surface area contributed by atoms with E-state index >= 15 is 0 Å². The zero-order valence-corrected chi connectivity index (χ0v) is 12.9. The van der Waals surface area contributed by atoms with Crippen molar-refractivity contribution in [3.05, 3.63) is 76.1 Å². The van der Waals surface area contributed by atoms with Crippen molar-refractivity contribution in [1.29, 1.82) is 0 Å². The van der Waals surface area contributed by atoms with E-state index in [0.29, 0.717) is 20.4 Å². The molecular weight excluding hydrogens is 308 g/mol. The van der Waals surface area contributed by atoms with E-state index in [1.165, 1.54) is 12.4 Å². The number of hydrogen-bond acceptors (Lipinski definition) is 5. The van der Waals surface area contributed by atoms with E-state index in [1.54, 1.807) is 37.4 Å². The van der Waals surface area contributed by atoms with E-state index < -0.39 is 0 Å². The fourth-order valence-corrected chi connectivity index (χ4v) is 2.25. The monoisotopic (exact) mass is 322 g/mol. The van der Waals surface area contributed by atoms with Gasteiger partial charge in [0.25, 0.3) is 11.7 Å². The van der Waals surface area contributed by atoms with Gasteiger partial charge in [-0.15, -0.1) is 0 Å². The molecule has 0 bridgehead atoms. The van der Waals surface area contributed by atoms with Crippen molar-refractivity contribution >= 4 is 23.5 Å². The lowest BCUT2D eigenvalue weighted by atomic mass is 10.2. The van der Waals surface area contributed by atoms with E-state index in [-0.39, 0.29) is 11.2 Å². The lowest BCUT2D eigenvalue weighted by molar-refractivity contribution is -0.464. The van der Waals surface area contributed by atoms with Crippen LogP contribution in [0.1, 0.15) is 11.3 Å². The third-order valence-electron chi connectivity index (χ3n) is 3.41. The molecule has 0 atom stereocenters. The molecule has 3 rings (SSSR count). The standard InChI is InChI=1S/C17H14N4O3/c1-24-17-9-5-2-6-13(17)10-18-19-11-14-12-20(22)15-7-3-4-8-16(15)21(14)23/h2-12H,1H3/b18-10+,19-11+. The Hall–Kier alpha value is -3.48. The molecule has 0 fully saturated rings. The minimum atomic E-state index is 0.0980. The van der Waals surface area contributed by atoms with Crippen LogP contribution < -0.4 is 9.16 Å². The molecule has 7 nitrogen and oxygen atoms in total. The summed E-state index contributed by atoms with van der Waals surface area (Å²) in [6.07, 6.45) is 3.91. The molecule has 1 heterocycles. The predicted octanol–water partition coefficient (Wildman–Crippen LogP) is 2.36. The van der Waals surface area contributed by atoms with Gasteiger partial charge in [-0.2, -0.15) is 10.2 Å². The second kappa shape index (κ2) is 6.74. The summed E-state index contributed by atoms with van der Waals surface area (Å²) in [5.41, 5.74) is 1.41. The van der Waals surface area contributed by atoms with Gasteiger partial charge in [-0.25, -0.2) is 0 Å². The van der Waals surface area contributed by atoms with Crippen molar-refractivity contribution < 1.29 is 9.16 Å². The second-order valence-electron chi connectivity index (χ2n) is 4.89. The fraction of sp³-hybridized carbons (Fsp3) is 0.0588. The lowest BCUT2D eigenvalue weighted by Crippen LogP contribution is -2.19. The number of aromatic nitrogens is 2. The Bertz CT molecular complexity index is 993. The van der Waals surface area contributed by atoms with Crippen molar-refractivity contribution in [1.82, 2.24) is 4.73 Å². The molecule has 0 amide bonds. The number of rotatable bonds is 4. The number of nitrogens with zero attached hydrogens (tertiary/aromatic N) is 4. The number of para-hydroxylation sites is 3. The highest BCUT2D eigenvalue weighted by molar-refractivity contribution is 5.85. The smallest absolute Gasteiger partial charge is 0.286 e. The van der Waals surface area contributed by atoms with E-state index in [1.807, 2.05) is 18.2 Å². The first-order valence-electron chi connectivity index (χ1n) is 7.14. The van der Waals surface area contributed by atoms with Crippen LogP contribution in [0.4, 0.5) is 0 Å². The fourth-order valence-electron chi connectivity index (χ4n) is 2.25. The van der Waals surface area contributed by atoms with Gasteiger partial charge in [0.15, 0.2) is 0 Å². The molecule has 1 aromatic heterocycles. The predicted molar refractivity (Wildman–Crippen MR) is 92.3 cm³/mol. The first-order chi connectivity index (χ1) is 11.7. The van der Waals surface area contributed by atoms with E-state index in [0.717, 1.165) is 11.8 Å². The van der Waals surface area contributed by atoms with Crippen LogP contribution in [0, 0.1) is 10.1 Å². The molecule has 3 aromatic rings. The maximum absolute atomic E-state index is 12.2. The minimum Gasteiger partial charge on any atom is -0.805 e. The van der Waals surface area contributed by atoms with Crippen molar-refractivity contribution in [3.63, 3.8) is 0 Å². The zero-order valence-electron chi connectivity index (χ0n) is 12.9. The molecule has 0 N–H and O–H groups in total. The molecule has 0 radical (unpaired) electrons. The Labute approximate surface area is 137 Å². The van der Waals surface area contributed by atoms with Crippen LogP contribution >= 0.6 is 0 Å². The summed E-state index contributed by atoms with van der Waals surface area (Å²) in [4.78, 5) is 11.9. The summed E-state index contributed by atoms with van der Waals surface area (Å²) in [6.45, 7) is 0. The van der Waals surface area contributed by atoms with Gasteiger partial charge in [-0.3, -0.25) is 0 Å². The van der Waals surface area contributed by atoms with Gasteiger partial charge in [0.1, 0.15) is 17.0 Å². The summed E-state index contributed by atoms with van der Waals surface area (Å²) in [5.74, 6) is 0.665. The minimum absolute atomic E-state index is 0.0980. The summed E-state index contributed by atoms with van der Waals surface area (Å²) in [6, 6.07) is 13.9. The van der Waals surface area contributed by atoms with Crippen LogP contribution in [0.15, 0.2) is 64.9 Å². The van der Waals surface area contributed by atoms with Crippen molar-refractivity contribution in [3.8, 4) is 5.75 Å². The van der Waals surface area contributed by atoms with Gasteiger partial charge < -0.3 is 14.7 Å². The molecular formula is C17H14N4O3. The highest BCUT2D eigenvalue weighted by Gasteiger charge is 2.09. The number of hydrogen-bond donors (Lipinski definition) is 0. The van der Waals surface area contributed by atoms with Crippen LogP contribution in [0.2, 0.25) is 0 Å². The Morgan fingerprint density at radius 1 is 1.08 bits per heavy atom. The quantitative estimate of drug-likeness (QED) is 0.420. The molecule has 0 aliphatic heterocycles. The van der Waals surface area contributed by atoms with Gasteiger partial charge >= 0.3 is 0 Å². The molecule has 2 aromatic carbocycles. The van der Waals surface area contributed by atoms with E-state index in [9.17, 15) is 10.1 Å². The third kappa shape index (κ3) is 3.00. The van der Waals surface area contributed by atoms with E-state index in [2.05, 4.69) is 10.2 Å². The summed E-state index contributed by atoms with van der Waals surface area (Å²) >= 11 is 0. The first-order valence-corrected chi connectivity index (χ1v) is 7.14. The lowest BCUT2D eigenvalue weighted by Gasteiger charge is -2.13. The number of methoxy groups -OCH3 is 1. The van der Waals surface area contributed by atoms with Crippen molar-refractivity contribution in [2.75, 3.05) is 7.11 Å². The first kappa shape index (κ1) is 15.4. The van der Waals surface area contributed by atoms with Gasteiger partial charge in [-0.05, 0) is 18.2 Å². The Morgan fingerprint density at radius 3 is 2.62 bits per heavy atom. The third-order valence-corrected chi connectivity index (χ3v) is 3.41.